The molecular formula is C22H25N3O5S. The third-order valence-corrected chi connectivity index (χ3v) is 7.45. The molecule has 1 aromatic heterocycles. The van der Waals surface area contributed by atoms with Crippen molar-refractivity contribution in [3.8, 4) is 22.9 Å². The van der Waals surface area contributed by atoms with Crippen molar-refractivity contribution in [1.82, 2.24) is 14.4 Å². The fraction of sp³-hybridized carbons (Fsp3) is 0.364. The Hall–Kier alpha value is -2.91. The van der Waals surface area contributed by atoms with E-state index in [-0.39, 0.29) is 10.8 Å². The van der Waals surface area contributed by atoms with Gasteiger partial charge in [0.05, 0.1) is 14.2 Å². The highest BCUT2D eigenvalue weighted by atomic mass is 32.2. The predicted molar refractivity (Wildman–Crippen MR) is 115 cm³/mol. The highest BCUT2D eigenvalue weighted by Crippen LogP contribution is 2.34. The summed E-state index contributed by atoms with van der Waals surface area (Å²) in [5.41, 5.74) is 1.70. The van der Waals surface area contributed by atoms with Crippen LogP contribution in [-0.4, -0.2) is 50.2 Å². The monoisotopic (exact) mass is 443 g/mol. The summed E-state index contributed by atoms with van der Waals surface area (Å²) in [5, 5.41) is 4.09. The summed E-state index contributed by atoms with van der Waals surface area (Å²) in [4.78, 5) is 4.74. The highest BCUT2D eigenvalue weighted by Gasteiger charge is 2.33. The van der Waals surface area contributed by atoms with Gasteiger partial charge in [-0.15, -0.1) is 0 Å². The van der Waals surface area contributed by atoms with Gasteiger partial charge in [-0.3, -0.25) is 0 Å². The number of aryl methyl sites for hydroxylation is 1. The van der Waals surface area contributed by atoms with E-state index in [0.717, 1.165) is 16.9 Å². The Kier molecular flexibility index (Phi) is 5.97. The topological polar surface area (TPSA) is 94.8 Å². The molecule has 9 heteroatoms. The molecule has 0 spiro atoms. The first-order chi connectivity index (χ1) is 14.9. The number of rotatable bonds is 6. The molecule has 2 heterocycles. The SMILES string of the molecule is COc1ccc(-c2noc(C3CCN(S(=O)(=O)c4cc(C)ccc4OC)CC3)n2)cc1. The number of ether oxygens (including phenoxy) is 2. The molecule has 0 aliphatic carbocycles. The Balaban J connectivity index is 1.46. The molecule has 8 nitrogen and oxygen atoms in total. The van der Waals surface area contributed by atoms with E-state index in [1.165, 1.54) is 11.4 Å². The normalized spacial score (nSPS) is 15.7. The van der Waals surface area contributed by atoms with Gasteiger partial charge in [0.25, 0.3) is 0 Å². The number of aromatic nitrogens is 2. The summed E-state index contributed by atoms with van der Waals surface area (Å²) in [7, 11) is -0.555. The number of hydrogen-bond donors (Lipinski definition) is 0. The van der Waals surface area contributed by atoms with Crippen molar-refractivity contribution in [2.24, 2.45) is 0 Å². The van der Waals surface area contributed by atoms with Crippen LogP contribution in [-0.2, 0) is 10.0 Å². The van der Waals surface area contributed by atoms with Crippen LogP contribution in [0.2, 0.25) is 0 Å². The van der Waals surface area contributed by atoms with Crippen molar-refractivity contribution in [1.29, 1.82) is 0 Å². The van der Waals surface area contributed by atoms with Gasteiger partial charge in [-0.05, 0) is 61.7 Å². The second kappa shape index (κ2) is 8.68. The number of benzene rings is 2. The molecule has 31 heavy (non-hydrogen) atoms. The van der Waals surface area contributed by atoms with Crippen molar-refractivity contribution >= 4 is 10.0 Å². The van der Waals surface area contributed by atoms with Gasteiger partial charge in [-0.25, -0.2) is 8.42 Å². The summed E-state index contributed by atoms with van der Waals surface area (Å²) in [6.07, 6.45) is 1.22. The van der Waals surface area contributed by atoms with Crippen molar-refractivity contribution in [2.45, 2.75) is 30.6 Å². The van der Waals surface area contributed by atoms with Crippen LogP contribution in [0.15, 0.2) is 51.9 Å². The smallest absolute Gasteiger partial charge is 0.246 e. The average molecular weight is 444 g/mol. The first-order valence-corrected chi connectivity index (χ1v) is 11.5. The Morgan fingerprint density at radius 3 is 2.39 bits per heavy atom. The zero-order chi connectivity index (χ0) is 22.0. The van der Waals surface area contributed by atoms with Crippen molar-refractivity contribution in [3.63, 3.8) is 0 Å². The molecule has 0 unspecified atom stereocenters. The maximum Gasteiger partial charge on any atom is 0.246 e. The van der Waals surface area contributed by atoms with Gasteiger partial charge in [0.15, 0.2) is 0 Å². The number of sulfonamides is 1. The number of hydrogen-bond acceptors (Lipinski definition) is 7. The summed E-state index contributed by atoms with van der Waals surface area (Å²) in [6.45, 7) is 2.62. The molecule has 0 saturated carbocycles. The van der Waals surface area contributed by atoms with Gasteiger partial charge in [-0.2, -0.15) is 9.29 Å². The van der Waals surface area contributed by atoms with Gasteiger partial charge < -0.3 is 14.0 Å². The third-order valence-electron chi connectivity index (χ3n) is 5.53. The Labute approximate surface area is 181 Å². The lowest BCUT2D eigenvalue weighted by Crippen LogP contribution is -2.38. The molecule has 164 valence electrons. The summed E-state index contributed by atoms with van der Waals surface area (Å²) >= 11 is 0. The van der Waals surface area contributed by atoms with E-state index < -0.39 is 10.0 Å². The van der Waals surface area contributed by atoms with Crippen LogP contribution in [0.25, 0.3) is 11.4 Å². The standard InChI is InChI=1S/C22H25N3O5S/c1-15-4-9-19(29-3)20(14-15)31(26,27)25-12-10-17(11-13-25)22-23-21(24-30-22)16-5-7-18(28-2)8-6-16/h4-9,14,17H,10-13H2,1-3H3. The van der Waals surface area contributed by atoms with E-state index in [9.17, 15) is 8.42 Å². The van der Waals surface area contributed by atoms with Crippen LogP contribution in [0.4, 0.5) is 0 Å². The summed E-state index contributed by atoms with van der Waals surface area (Å²) in [6, 6.07) is 12.6. The lowest BCUT2D eigenvalue weighted by atomic mass is 9.98. The quantitative estimate of drug-likeness (QED) is 0.574. The van der Waals surface area contributed by atoms with Gasteiger partial charge in [0, 0.05) is 24.6 Å². The molecule has 4 rings (SSSR count). The molecule has 3 aromatic rings. The fourth-order valence-electron chi connectivity index (χ4n) is 3.73. The minimum Gasteiger partial charge on any atom is -0.497 e. The predicted octanol–water partition coefficient (Wildman–Crippen LogP) is 3.63. The molecule has 0 bridgehead atoms. The summed E-state index contributed by atoms with van der Waals surface area (Å²) < 4.78 is 43.8. The zero-order valence-corrected chi connectivity index (χ0v) is 18.6. The number of piperidine rings is 1. The van der Waals surface area contributed by atoms with E-state index >= 15 is 0 Å². The Morgan fingerprint density at radius 2 is 1.74 bits per heavy atom. The average Bonchev–Trinajstić information content (AvgIpc) is 3.29. The second-order valence-corrected chi connectivity index (χ2v) is 9.42. The lowest BCUT2D eigenvalue weighted by Gasteiger charge is -2.30. The molecule has 0 radical (unpaired) electrons. The molecule has 2 aromatic carbocycles. The lowest BCUT2D eigenvalue weighted by molar-refractivity contribution is 0.270. The van der Waals surface area contributed by atoms with Crippen molar-refractivity contribution in [3.05, 3.63) is 53.9 Å². The van der Waals surface area contributed by atoms with Crippen molar-refractivity contribution < 1.29 is 22.4 Å². The van der Waals surface area contributed by atoms with E-state index in [1.54, 1.807) is 19.2 Å². The molecule has 1 fully saturated rings. The molecule has 1 aliphatic heterocycles. The van der Waals surface area contributed by atoms with E-state index in [0.29, 0.717) is 43.4 Å². The fourth-order valence-corrected chi connectivity index (χ4v) is 5.44. The molecule has 1 saturated heterocycles. The Morgan fingerprint density at radius 1 is 1.03 bits per heavy atom. The van der Waals surface area contributed by atoms with E-state index in [2.05, 4.69) is 10.1 Å². The molecular weight excluding hydrogens is 418 g/mol. The van der Waals surface area contributed by atoms with Crippen LogP contribution in [0.1, 0.15) is 30.2 Å². The molecule has 1 aliphatic rings. The van der Waals surface area contributed by atoms with E-state index in [4.69, 9.17) is 14.0 Å². The van der Waals surface area contributed by atoms with Gasteiger partial charge >= 0.3 is 0 Å². The molecule has 0 atom stereocenters. The van der Waals surface area contributed by atoms with Crippen molar-refractivity contribution in [2.75, 3.05) is 27.3 Å². The zero-order valence-electron chi connectivity index (χ0n) is 17.7. The van der Waals surface area contributed by atoms with Crippen LogP contribution < -0.4 is 9.47 Å². The minimum absolute atomic E-state index is 0.0188. The Bertz CT molecular complexity index is 1150. The van der Waals surface area contributed by atoms with E-state index in [1.807, 2.05) is 37.3 Å². The van der Waals surface area contributed by atoms with Crippen LogP contribution in [0.3, 0.4) is 0 Å². The second-order valence-electron chi connectivity index (χ2n) is 7.52. The summed E-state index contributed by atoms with van der Waals surface area (Å²) in [5.74, 6) is 2.18. The molecule has 0 amide bonds. The number of methoxy groups -OCH3 is 2. The third kappa shape index (κ3) is 4.28. The van der Waals surface area contributed by atoms with Crippen LogP contribution >= 0.6 is 0 Å². The first-order valence-electron chi connectivity index (χ1n) is 10.0. The van der Waals surface area contributed by atoms with Crippen LogP contribution in [0.5, 0.6) is 11.5 Å². The van der Waals surface area contributed by atoms with Gasteiger partial charge in [-0.1, -0.05) is 11.2 Å². The maximum atomic E-state index is 13.2. The number of nitrogens with zero attached hydrogens (tertiary/aromatic N) is 3. The maximum absolute atomic E-state index is 13.2. The van der Waals surface area contributed by atoms with Gasteiger partial charge in [0.1, 0.15) is 16.4 Å². The van der Waals surface area contributed by atoms with Gasteiger partial charge in [0.2, 0.25) is 21.7 Å². The minimum atomic E-state index is -3.65. The van der Waals surface area contributed by atoms with Crippen LogP contribution in [0, 0.1) is 6.92 Å². The largest absolute Gasteiger partial charge is 0.497 e. The highest BCUT2D eigenvalue weighted by molar-refractivity contribution is 7.89. The first kappa shape index (κ1) is 21.3. The molecule has 0 N–H and O–H groups in total.